The number of amides is 1. The fourth-order valence-corrected chi connectivity index (χ4v) is 2.86. The summed E-state index contributed by atoms with van der Waals surface area (Å²) in [6.07, 6.45) is 3.83. The molecule has 1 aliphatic rings. The molecule has 1 aliphatic carbocycles. The van der Waals surface area contributed by atoms with Crippen LogP contribution in [0.15, 0.2) is 12.1 Å². The first-order valence-corrected chi connectivity index (χ1v) is 6.84. The van der Waals surface area contributed by atoms with E-state index in [0.717, 1.165) is 37.8 Å². The van der Waals surface area contributed by atoms with Gasteiger partial charge in [-0.15, -0.1) is 0 Å². The fourth-order valence-electron chi connectivity index (χ4n) is 2.86. The Morgan fingerprint density at radius 3 is 2.75 bits per heavy atom. The highest BCUT2D eigenvalue weighted by Crippen LogP contribution is 2.35. The van der Waals surface area contributed by atoms with Gasteiger partial charge in [0.15, 0.2) is 5.82 Å². The molecule has 5 heteroatoms. The number of benzene rings is 1. The van der Waals surface area contributed by atoms with Gasteiger partial charge in [-0.05, 0) is 36.8 Å². The molecule has 0 spiro atoms. The normalized spacial score (nSPS) is 21.5. The SMILES string of the molecule is CC1(C)CCCC(NC(=O)c2cc(F)cc(N)c2F)C1. The number of rotatable bonds is 2. The van der Waals surface area contributed by atoms with Gasteiger partial charge in [0.25, 0.3) is 5.91 Å². The van der Waals surface area contributed by atoms with Crippen LogP contribution >= 0.6 is 0 Å². The van der Waals surface area contributed by atoms with Gasteiger partial charge in [-0.1, -0.05) is 20.3 Å². The molecule has 3 N–H and O–H groups in total. The second-order valence-electron chi connectivity index (χ2n) is 6.29. The smallest absolute Gasteiger partial charge is 0.254 e. The van der Waals surface area contributed by atoms with E-state index in [1.54, 1.807) is 0 Å². The molecule has 20 heavy (non-hydrogen) atoms. The van der Waals surface area contributed by atoms with Crippen LogP contribution in [-0.4, -0.2) is 11.9 Å². The lowest BCUT2D eigenvalue weighted by molar-refractivity contribution is 0.0898. The Balaban J connectivity index is 2.13. The third-order valence-corrected chi connectivity index (χ3v) is 3.85. The number of nitrogen functional groups attached to an aromatic ring is 1. The zero-order valence-electron chi connectivity index (χ0n) is 11.8. The fraction of sp³-hybridized carbons (Fsp3) is 0.533. The molecule has 110 valence electrons. The van der Waals surface area contributed by atoms with E-state index < -0.39 is 17.5 Å². The summed E-state index contributed by atoms with van der Waals surface area (Å²) in [7, 11) is 0. The Kier molecular flexibility index (Phi) is 3.97. The number of anilines is 1. The van der Waals surface area contributed by atoms with Gasteiger partial charge >= 0.3 is 0 Å². The molecule has 1 saturated carbocycles. The van der Waals surface area contributed by atoms with Crippen molar-refractivity contribution in [2.75, 3.05) is 5.73 Å². The Labute approximate surface area is 117 Å². The van der Waals surface area contributed by atoms with Gasteiger partial charge in [0.05, 0.1) is 11.3 Å². The Bertz CT molecular complexity index is 529. The third kappa shape index (κ3) is 3.26. The molecule has 0 saturated heterocycles. The van der Waals surface area contributed by atoms with E-state index in [0.29, 0.717) is 0 Å². The van der Waals surface area contributed by atoms with Gasteiger partial charge in [-0.2, -0.15) is 0 Å². The Morgan fingerprint density at radius 2 is 2.10 bits per heavy atom. The van der Waals surface area contributed by atoms with E-state index in [1.165, 1.54) is 0 Å². The third-order valence-electron chi connectivity index (χ3n) is 3.85. The summed E-state index contributed by atoms with van der Waals surface area (Å²) in [6, 6.07) is 1.75. The van der Waals surface area contributed by atoms with Crippen LogP contribution in [0.4, 0.5) is 14.5 Å². The molecular formula is C15H20F2N2O. The highest BCUT2D eigenvalue weighted by molar-refractivity contribution is 5.95. The molecule has 0 bridgehead atoms. The minimum absolute atomic E-state index is 0.00450. The average molecular weight is 282 g/mol. The van der Waals surface area contributed by atoms with Crippen molar-refractivity contribution in [1.29, 1.82) is 0 Å². The highest BCUT2D eigenvalue weighted by atomic mass is 19.1. The van der Waals surface area contributed by atoms with Crippen molar-refractivity contribution < 1.29 is 13.6 Å². The van der Waals surface area contributed by atoms with E-state index in [2.05, 4.69) is 19.2 Å². The topological polar surface area (TPSA) is 55.1 Å². The minimum atomic E-state index is -0.862. The van der Waals surface area contributed by atoms with Crippen molar-refractivity contribution in [3.63, 3.8) is 0 Å². The van der Waals surface area contributed by atoms with Crippen LogP contribution in [0, 0.1) is 17.0 Å². The number of carbonyl (C=O) groups is 1. The Hall–Kier alpha value is -1.65. The van der Waals surface area contributed by atoms with Gasteiger partial charge in [0.2, 0.25) is 0 Å². The number of halogens is 2. The van der Waals surface area contributed by atoms with E-state index in [4.69, 9.17) is 5.73 Å². The van der Waals surface area contributed by atoms with Crippen molar-refractivity contribution in [1.82, 2.24) is 5.32 Å². The average Bonchev–Trinajstić information content (AvgIpc) is 2.32. The van der Waals surface area contributed by atoms with Crippen molar-refractivity contribution in [2.24, 2.45) is 5.41 Å². The molecule has 1 unspecified atom stereocenters. The number of nitrogens with two attached hydrogens (primary N) is 1. The molecule has 1 fully saturated rings. The first-order chi connectivity index (χ1) is 9.28. The second kappa shape index (κ2) is 5.38. The largest absolute Gasteiger partial charge is 0.396 e. The maximum atomic E-state index is 13.8. The van der Waals surface area contributed by atoms with Crippen LogP contribution in [0.5, 0.6) is 0 Å². The molecule has 0 aromatic heterocycles. The van der Waals surface area contributed by atoms with E-state index >= 15 is 0 Å². The lowest BCUT2D eigenvalue weighted by Crippen LogP contribution is -2.41. The summed E-state index contributed by atoms with van der Waals surface area (Å²) in [5.74, 6) is -2.17. The van der Waals surface area contributed by atoms with Crippen LogP contribution in [0.25, 0.3) is 0 Å². The standard InChI is InChI=1S/C15H20F2N2O/c1-15(2)5-3-4-10(8-15)19-14(20)11-6-9(16)7-12(18)13(11)17/h6-7,10H,3-5,8,18H2,1-2H3,(H,19,20). The quantitative estimate of drug-likeness (QED) is 0.818. The molecule has 0 radical (unpaired) electrons. The van der Waals surface area contributed by atoms with Crippen LogP contribution in [0.1, 0.15) is 49.9 Å². The monoisotopic (exact) mass is 282 g/mol. The first-order valence-electron chi connectivity index (χ1n) is 6.84. The predicted molar refractivity (Wildman–Crippen MR) is 74.3 cm³/mol. The zero-order valence-corrected chi connectivity index (χ0v) is 11.8. The van der Waals surface area contributed by atoms with Crippen LogP contribution in [0.2, 0.25) is 0 Å². The van der Waals surface area contributed by atoms with Gasteiger partial charge in [0.1, 0.15) is 5.82 Å². The zero-order chi connectivity index (χ0) is 14.9. The number of carbonyl (C=O) groups excluding carboxylic acids is 1. The lowest BCUT2D eigenvalue weighted by Gasteiger charge is -2.35. The highest BCUT2D eigenvalue weighted by Gasteiger charge is 2.29. The summed E-state index contributed by atoms with van der Waals surface area (Å²) in [4.78, 5) is 12.1. The van der Waals surface area contributed by atoms with E-state index in [-0.39, 0.29) is 22.7 Å². The molecule has 1 atom stereocenters. The number of hydrogen-bond donors (Lipinski definition) is 2. The van der Waals surface area contributed by atoms with Crippen molar-refractivity contribution in [3.05, 3.63) is 29.3 Å². The summed E-state index contributed by atoms with van der Waals surface area (Å²) < 4.78 is 27.0. The van der Waals surface area contributed by atoms with Crippen molar-refractivity contribution >= 4 is 11.6 Å². The molecule has 2 rings (SSSR count). The van der Waals surface area contributed by atoms with Gasteiger partial charge in [-0.3, -0.25) is 4.79 Å². The summed E-state index contributed by atoms with van der Waals surface area (Å²) in [5.41, 5.74) is 4.83. The molecule has 1 aromatic carbocycles. The Morgan fingerprint density at radius 1 is 1.40 bits per heavy atom. The van der Waals surface area contributed by atoms with Gasteiger partial charge < -0.3 is 11.1 Å². The van der Waals surface area contributed by atoms with E-state index in [9.17, 15) is 13.6 Å². The maximum absolute atomic E-state index is 13.8. The molecule has 1 aromatic rings. The maximum Gasteiger partial charge on any atom is 0.254 e. The molecule has 3 nitrogen and oxygen atoms in total. The molecule has 0 aliphatic heterocycles. The van der Waals surface area contributed by atoms with Crippen LogP contribution < -0.4 is 11.1 Å². The van der Waals surface area contributed by atoms with Crippen LogP contribution in [-0.2, 0) is 0 Å². The van der Waals surface area contributed by atoms with Gasteiger partial charge in [-0.25, -0.2) is 8.78 Å². The summed E-state index contributed by atoms with van der Waals surface area (Å²) in [5, 5.41) is 2.78. The summed E-state index contributed by atoms with van der Waals surface area (Å²) in [6.45, 7) is 4.29. The molecule has 0 heterocycles. The lowest BCUT2D eigenvalue weighted by atomic mass is 9.75. The number of nitrogens with one attached hydrogen (secondary N) is 1. The first kappa shape index (κ1) is 14.8. The molecule has 1 amide bonds. The van der Waals surface area contributed by atoms with E-state index in [1.807, 2.05) is 0 Å². The minimum Gasteiger partial charge on any atom is -0.396 e. The van der Waals surface area contributed by atoms with Crippen molar-refractivity contribution in [2.45, 2.75) is 45.6 Å². The predicted octanol–water partition coefficient (Wildman–Crippen LogP) is 3.25. The summed E-state index contributed by atoms with van der Waals surface area (Å²) >= 11 is 0. The van der Waals surface area contributed by atoms with Crippen LogP contribution in [0.3, 0.4) is 0 Å². The van der Waals surface area contributed by atoms with Crippen molar-refractivity contribution in [3.8, 4) is 0 Å². The van der Waals surface area contributed by atoms with Gasteiger partial charge in [0, 0.05) is 6.04 Å². The molecular weight excluding hydrogens is 262 g/mol. The second-order valence-corrected chi connectivity index (χ2v) is 6.29. The number of hydrogen-bond acceptors (Lipinski definition) is 2.